The quantitative estimate of drug-likeness (QED) is 0.261. The summed E-state index contributed by atoms with van der Waals surface area (Å²) in [5.74, 6) is 0.145. The molecule has 168 valence electrons. The van der Waals surface area contributed by atoms with E-state index in [0.717, 1.165) is 13.0 Å². The number of likely N-dealkylation sites (N-methyl/N-ethyl adjacent to an activating group) is 1. The Morgan fingerprint density at radius 2 is 1.67 bits per heavy atom. The molecule has 0 heterocycles. The fraction of sp³-hybridized carbons (Fsp3) is 0.591. The highest BCUT2D eigenvalue weighted by atomic mass is 16.6. The molecule has 0 radical (unpaired) electrons. The third-order valence-electron chi connectivity index (χ3n) is 4.07. The smallest absolute Gasteiger partial charge is 0.308 e. The minimum Gasteiger partial charge on any atom is -0.460 e. The number of carbonyl (C=O) groups excluding carboxylic acids is 2. The first-order valence-corrected chi connectivity index (χ1v) is 10.3. The molecule has 0 saturated carbocycles. The fourth-order valence-corrected chi connectivity index (χ4v) is 2.47. The summed E-state index contributed by atoms with van der Waals surface area (Å²) in [4.78, 5) is 31.7. The Balaban J connectivity index is 2.49. The van der Waals surface area contributed by atoms with Gasteiger partial charge < -0.3 is 25.2 Å². The van der Waals surface area contributed by atoms with Gasteiger partial charge in [-0.2, -0.15) is 0 Å². The number of esters is 1. The number of anilines is 1. The highest BCUT2D eigenvalue weighted by Gasteiger charge is 2.16. The van der Waals surface area contributed by atoms with Crippen LogP contribution in [0.1, 0.15) is 33.6 Å². The number of hydrogen-bond donors (Lipinski definition) is 2. The normalized spacial score (nSPS) is 11.6. The lowest BCUT2D eigenvalue weighted by molar-refractivity contribution is -0.154. The first-order valence-electron chi connectivity index (χ1n) is 10.3. The van der Waals surface area contributed by atoms with Crippen LogP contribution in [0.3, 0.4) is 0 Å². The Labute approximate surface area is 180 Å². The molecule has 1 aromatic carbocycles. The number of nitrogens with zero attached hydrogens (tertiary/aromatic N) is 3. The average molecular weight is 420 g/mol. The third-order valence-corrected chi connectivity index (χ3v) is 4.07. The lowest BCUT2D eigenvalue weighted by Crippen LogP contribution is -2.41. The van der Waals surface area contributed by atoms with E-state index in [4.69, 9.17) is 4.74 Å². The largest absolute Gasteiger partial charge is 0.460 e. The lowest BCUT2D eigenvalue weighted by Gasteiger charge is -2.20. The molecule has 0 atom stereocenters. The SMILES string of the molecule is CN(C)C(=O)CN=C(NCCCN(C)c1ccccc1)NCCC(=O)OC(C)(C)C. The van der Waals surface area contributed by atoms with Crippen LogP contribution in [0.2, 0.25) is 0 Å². The monoisotopic (exact) mass is 419 g/mol. The molecule has 8 heteroatoms. The predicted molar refractivity (Wildman–Crippen MR) is 122 cm³/mol. The Kier molecular flexibility index (Phi) is 10.7. The number of nitrogens with one attached hydrogen (secondary N) is 2. The van der Waals surface area contributed by atoms with E-state index in [9.17, 15) is 9.59 Å². The van der Waals surface area contributed by atoms with Gasteiger partial charge in [0.05, 0.1) is 6.42 Å². The van der Waals surface area contributed by atoms with E-state index in [1.807, 2.05) is 39.0 Å². The van der Waals surface area contributed by atoms with Gasteiger partial charge in [0.25, 0.3) is 0 Å². The minimum atomic E-state index is -0.505. The number of benzene rings is 1. The van der Waals surface area contributed by atoms with E-state index in [1.54, 1.807) is 14.1 Å². The van der Waals surface area contributed by atoms with Gasteiger partial charge in [0.1, 0.15) is 12.1 Å². The molecule has 1 rings (SSSR count). The Morgan fingerprint density at radius 1 is 1.03 bits per heavy atom. The second kappa shape index (κ2) is 12.7. The number of para-hydroxylation sites is 1. The van der Waals surface area contributed by atoms with Crippen molar-refractivity contribution in [3.8, 4) is 0 Å². The second-order valence-electron chi connectivity index (χ2n) is 8.25. The average Bonchev–Trinajstić information content (AvgIpc) is 2.67. The third kappa shape index (κ3) is 11.3. The lowest BCUT2D eigenvalue weighted by atomic mass is 10.2. The summed E-state index contributed by atoms with van der Waals surface area (Å²) in [7, 11) is 5.44. The van der Waals surface area contributed by atoms with Gasteiger partial charge in [-0.3, -0.25) is 9.59 Å². The van der Waals surface area contributed by atoms with Crippen LogP contribution in [0, 0.1) is 0 Å². The molecule has 0 aliphatic heterocycles. The van der Waals surface area contributed by atoms with Crippen molar-refractivity contribution < 1.29 is 14.3 Å². The fourth-order valence-electron chi connectivity index (χ4n) is 2.47. The van der Waals surface area contributed by atoms with Gasteiger partial charge >= 0.3 is 5.97 Å². The van der Waals surface area contributed by atoms with Crippen LogP contribution in [0.25, 0.3) is 0 Å². The zero-order valence-corrected chi connectivity index (χ0v) is 19.2. The van der Waals surface area contributed by atoms with Gasteiger partial charge in [-0.25, -0.2) is 4.99 Å². The Bertz CT molecular complexity index is 684. The van der Waals surface area contributed by atoms with Gasteiger partial charge in [-0.05, 0) is 39.3 Å². The van der Waals surface area contributed by atoms with E-state index in [1.165, 1.54) is 10.6 Å². The standard InChI is InChI=1S/C22H37N5O3/c1-22(2,3)30-20(29)13-15-24-21(25-17-19(28)26(4)5)23-14-10-16-27(6)18-11-8-7-9-12-18/h7-9,11-12H,10,13-17H2,1-6H3,(H2,23,24,25). The van der Waals surface area contributed by atoms with Gasteiger partial charge in [0.2, 0.25) is 5.91 Å². The number of guanidine groups is 1. The van der Waals surface area contributed by atoms with Gasteiger partial charge in [-0.1, -0.05) is 18.2 Å². The molecule has 0 fully saturated rings. The van der Waals surface area contributed by atoms with Gasteiger partial charge in [-0.15, -0.1) is 0 Å². The van der Waals surface area contributed by atoms with Crippen LogP contribution in [0.5, 0.6) is 0 Å². The zero-order valence-electron chi connectivity index (χ0n) is 19.2. The topological polar surface area (TPSA) is 86.3 Å². The summed E-state index contributed by atoms with van der Waals surface area (Å²) in [6.45, 7) is 7.49. The number of rotatable bonds is 10. The molecule has 1 aromatic rings. The molecule has 30 heavy (non-hydrogen) atoms. The maximum Gasteiger partial charge on any atom is 0.308 e. The highest BCUT2D eigenvalue weighted by Crippen LogP contribution is 2.10. The van der Waals surface area contributed by atoms with Crippen LogP contribution in [0.15, 0.2) is 35.3 Å². The van der Waals surface area contributed by atoms with Crippen molar-refractivity contribution in [1.82, 2.24) is 15.5 Å². The molecule has 0 aliphatic carbocycles. The van der Waals surface area contributed by atoms with Gasteiger partial charge in [0.15, 0.2) is 5.96 Å². The van der Waals surface area contributed by atoms with Crippen molar-refractivity contribution >= 4 is 23.5 Å². The molecule has 2 N–H and O–H groups in total. The molecule has 1 amide bonds. The van der Waals surface area contributed by atoms with E-state index >= 15 is 0 Å². The molecule has 0 bridgehead atoms. The molecule has 8 nitrogen and oxygen atoms in total. The van der Waals surface area contributed by atoms with E-state index < -0.39 is 5.60 Å². The number of aliphatic imine (C=N–C) groups is 1. The van der Waals surface area contributed by atoms with Crippen LogP contribution in [0.4, 0.5) is 5.69 Å². The summed E-state index contributed by atoms with van der Waals surface area (Å²) in [5, 5.41) is 6.34. The summed E-state index contributed by atoms with van der Waals surface area (Å²) in [6, 6.07) is 10.2. The first-order chi connectivity index (χ1) is 14.1. The number of amides is 1. The maximum atomic E-state index is 11.9. The Morgan fingerprint density at radius 3 is 2.27 bits per heavy atom. The number of ether oxygens (including phenoxy) is 1. The summed E-state index contributed by atoms with van der Waals surface area (Å²) < 4.78 is 5.31. The summed E-state index contributed by atoms with van der Waals surface area (Å²) >= 11 is 0. The molecule has 0 aliphatic rings. The van der Waals surface area contributed by atoms with E-state index in [-0.39, 0.29) is 24.8 Å². The van der Waals surface area contributed by atoms with E-state index in [2.05, 4.69) is 39.7 Å². The van der Waals surface area contributed by atoms with Crippen molar-refractivity contribution in [1.29, 1.82) is 0 Å². The van der Waals surface area contributed by atoms with Crippen LogP contribution >= 0.6 is 0 Å². The summed E-state index contributed by atoms with van der Waals surface area (Å²) in [5.41, 5.74) is 0.660. The molecule has 0 spiro atoms. The summed E-state index contributed by atoms with van der Waals surface area (Å²) in [6.07, 6.45) is 1.11. The molecule has 0 aromatic heterocycles. The number of hydrogen-bond acceptors (Lipinski definition) is 5. The van der Waals surface area contributed by atoms with Crippen molar-refractivity contribution in [2.45, 2.75) is 39.2 Å². The molecule has 0 unspecified atom stereocenters. The number of carbonyl (C=O) groups is 2. The second-order valence-corrected chi connectivity index (χ2v) is 8.25. The maximum absolute atomic E-state index is 11.9. The van der Waals surface area contributed by atoms with Gasteiger partial charge in [0, 0.05) is 46.5 Å². The first kappa shape index (κ1) is 25.3. The highest BCUT2D eigenvalue weighted by molar-refractivity contribution is 5.85. The van der Waals surface area contributed by atoms with Crippen LogP contribution in [-0.2, 0) is 14.3 Å². The molecular weight excluding hydrogens is 382 g/mol. The van der Waals surface area contributed by atoms with E-state index in [0.29, 0.717) is 19.0 Å². The predicted octanol–water partition coefficient (Wildman–Crippen LogP) is 1.87. The molecule has 0 saturated heterocycles. The van der Waals surface area contributed by atoms with Crippen molar-refractivity contribution in [3.63, 3.8) is 0 Å². The zero-order chi connectivity index (χ0) is 22.6. The van der Waals surface area contributed by atoms with Crippen LogP contribution < -0.4 is 15.5 Å². The van der Waals surface area contributed by atoms with Crippen LogP contribution in [-0.4, -0.2) is 75.7 Å². The molecular formula is C22H37N5O3. The van der Waals surface area contributed by atoms with Crippen molar-refractivity contribution in [3.05, 3.63) is 30.3 Å². The van der Waals surface area contributed by atoms with Crippen molar-refractivity contribution in [2.75, 3.05) is 52.2 Å². The minimum absolute atomic E-state index is 0.0404. The Hall–Kier alpha value is -2.77. The van der Waals surface area contributed by atoms with Crippen molar-refractivity contribution in [2.24, 2.45) is 4.99 Å².